The largest absolute Gasteiger partial charge is 0.308 e. The first-order chi connectivity index (χ1) is 15.6. The molecule has 0 aliphatic heterocycles. The standard InChI is InChI=1S/C22H24F2N4O3S2/c1-26(2)10-11-28(22-25-20-18(24)12-15(23)13-19(20)32-22)21(29)14-4-8-17(9-5-14)33(30,31)27(3)16-6-7-16/h4-5,8-9,12-13,16H,6-7,10-11H2,1-3H3. The van der Waals surface area contributed by atoms with Crippen LogP contribution in [0.25, 0.3) is 10.2 Å². The molecule has 1 heterocycles. The van der Waals surface area contributed by atoms with Crippen molar-refractivity contribution in [2.45, 2.75) is 23.8 Å². The summed E-state index contributed by atoms with van der Waals surface area (Å²) in [6.07, 6.45) is 1.69. The van der Waals surface area contributed by atoms with E-state index in [9.17, 15) is 22.0 Å². The number of amides is 1. The zero-order valence-electron chi connectivity index (χ0n) is 18.5. The van der Waals surface area contributed by atoms with Gasteiger partial charge in [-0.15, -0.1) is 0 Å². The van der Waals surface area contributed by atoms with E-state index >= 15 is 0 Å². The summed E-state index contributed by atoms with van der Waals surface area (Å²) < 4.78 is 54.9. The molecule has 0 bridgehead atoms. The maximum Gasteiger partial charge on any atom is 0.260 e. The average Bonchev–Trinajstić information content (AvgIpc) is 3.52. The molecule has 1 aromatic heterocycles. The number of fused-ring (bicyclic) bond motifs is 1. The van der Waals surface area contributed by atoms with Crippen molar-refractivity contribution in [1.29, 1.82) is 0 Å². The monoisotopic (exact) mass is 494 g/mol. The molecule has 1 saturated carbocycles. The van der Waals surface area contributed by atoms with Crippen LogP contribution in [-0.2, 0) is 10.0 Å². The summed E-state index contributed by atoms with van der Waals surface area (Å²) in [5.41, 5.74) is 0.274. The van der Waals surface area contributed by atoms with Crippen molar-refractivity contribution in [3.63, 3.8) is 0 Å². The Labute approximate surface area is 195 Å². The lowest BCUT2D eigenvalue weighted by Crippen LogP contribution is -2.36. The maximum absolute atomic E-state index is 14.2. The second-order valence-electron chi connectivity index (χ2n) is 8.27. The fraction of sp³-hybridized carbons (Fsp3) is 0.364. The topological polar surface area (TPSA) is 73.8 Å². The van der Waals surface area contributed by atoms with Crippen LogP contribution >= 0.6 is 11.3 Å². The molecule has 0 saturated heterocycles. The van der Waals surface area contributed by atoms with E-state index in [0.29, 0.717) is 11.2 Å². The molecule has 1 aliphatic carbocycles. The summed E-state index contributed by atoms with van der Waals surface area (Å²) in [5, 5.41) is 0.242. The fourth-order valence-corrected chi connectivity index (χ4v) is 5.82. The van der Waals surface area contributed by atoms with Crippen molar-refractivity contribution >= 4 is 42.6 Å². The lowest BCUT2D eigenvalue weighted by Gasteiger charge is -2.22. The number of hydrogen-bond acceptors (Lipinski definition) is 6. The normalized spacial score (nSPS) is 14.4. The van der Waals surface area contributed by atoms with Crippen LogP contribution in [0, 0.1) is 11.6 Å². The number of nitrogens with zero attached hydrogens (tertiary/aromatic N) is 4. The first kappa shape index (κ1) is 23.7. The van der Waals surface area contributed by atoms with E-state index in [1.807, 2.05) is 19.0 Å². The lowest BCUT2D eigenvalue weighted by molar-refractivity contribution is 0.0985. The number of carbonyl (C=O) groups is 1. The second kappa shape index (κ2) is 9.05. The van der Waals surface area contributed by atoms with E-state index in [-0.39, 0.29) is 33.7 Å². The summed E-state index contributed by atoms with van der Waals surface area (Å²) in [4.78, 5) is 21.0. The van der Waals surface area contributed by atoms with Crippen LogP contribution in [0.15, 0.2) is 41.3 Å². The van der Waals surface area contributed by atoms with Gasteiger partial charge in [0.05, 0.1) is 9.60 Å². The molecule has 4 rings (SSSR count). The zero-order chi connectivity index (χ0) is 23.9. The Balaban J connectivity index is 1.65. The predicted octanol–water partition coefficient (Wildman–Crippen LogP) is 3.57. The SMILES string of the molecule is CN(C)CCN(C(=O)c1ccc(S(=O)(=O)N(C)C2CC2)cc1)c1nc2c(F)cc(F)cc2s1. The van der Waals surface area contributed by atoms with Crippen LogP contribution in [0.4, 0.5) is 13.9 Å². The van der Waals surface area contributed by atoms with E-state index < -0.39 is 27.6 Å². The number of halogens is 2. The van der Waals surface area contributed by atoms with Gasteiger partial charge in [-0.1, -0.05) is 11.3 Å². The third-order valence-electron chi connectivity index (χ3n) is 5.49. The van der Waals surface area contributed by atoms with Crippen LogP contribution < -0.4 is 4.90 Å². The minimum absolute atomic E-state index is 0.00334. The summed E-state index contributed by atoms with van der Waals surface area (Å²) in [6.45, 7) is 0.775. The number of hydrogen-bond donors (Lipinski definition) is 0. The number of carbonyl (C=O) groups excluding carboxylic acids is 1. The van der Waals surface area contributed by atoms with Crippen molar-refractivity contribution in [1.82, 2.24) is 14.2 Å². The van der Waals surface area contributed by atoms with E-state index in [4.69, 9.17) is 0 Å². The number of likely N-dealkylation sites (N-methyl/N-ethyl adjacent to an activating group) is 1. The maximum atomic E-state index is 14.2. The number of rotatable bonds is 8. The molecule has 0 atom stereocenters. The Bertz CT molecular complexity index is 1290. The van der Waals surface area contributed by atoms with Crippen molar-refractivity contribution in [3.05, 3.63) is 53.6 Å². The fourth-order valence-electron chi connectivity index (χ4n) is 3.37. The highest BCUT2D eigenvalue weighted by Gasteiger charge is 2.35. The van der Waals surface area contributed by atoms with Gasteiger partial charge in [0, 0.05) is 37.8 Å². The third-order valence-corrected chi connectivity index (χ3v) is 8.44. The highest BCUT2D eigenvalue weighted by atomic mass is 32.2. The minimum Gasteiger partial charge on any atom is -0.308 e. The van der Waals surface area contributed by atoms with E-state index in [2.05, 4.69) is 4.98 Å². The summed E-state index contributed by atoms with van der Waals surface area (Å²) in [5.74, 6) is -1.91. The van der Waals surface area contributed by atoms with Crippen molar-refractivity contribution < 1.29 is 22.0 Å². The molecule has 7 nitrogen and oxygen atoms in total. The van der Waals surface area contributed by atoms with Gasteiger partial charge >= 0.3 is 0 Å². The molecular weight excluding hydrogens is 470 g/mol. The van der Waals surface area contributed by atoms with Crippen LogP contribution in [0.2, 0.25) is 0 Å². The molecule has 11 heteroatoms. The highest BCUT2D eigenvalue weighted by Crippen LogP contribution is 2.33. The lowest BCUT2D eigenvalue weighted by atomic mass is 10.2. The molecule has 33 heavy (non-hydrogen) atoms. The number of thiazole rings is 1. The van der Waals surface area contributed by atoms with Crippen LogP contribution in [0.3, 0.4) is 0 Å². The van der Waals surface area contributed by atoms with Crippen molar-refractivity contribution in [3.8, 4) is 0 Å². The Morgan fingerprint density at radius 1 is 1.09 bits per heavy atom. The third kappa shape index (κ3) is 4.91. The first-order valence-corrected chi connectivity index (χ1v) is 12.6. The molecule has 0 unspecified atom stereocenters. The molecule has 3 aromatic rings. The van der Waals surface area contributed by atoms with Gasteiger partial charge in [0.15, 0.2) is 10.9 Å². The molecular formula is C22H24F2N4O3S2. The predicted molar refractivity (Wildman–Crippen MR) is 124 cm³/mol. The van der Waals surface area contributed by atoms with Crippen molar-refractivity contribution in [2.24, 2.45) is 0 Å². The molecule has 1 amide bonds. The molecule has 1 aliphatic rings. The summed E-state index contributed by atoms with van der Waals surface area (Å²) in [6, 6.07) is 7.73. The van der Waals surface area contributed by atoms with Crippen LogP contribution in [0.5, 0.6) is 0 Å². The first-order valence-electron chi connectivity index (χ1n) is 10.4. The van der Waals surface area contributed by atoms with Crippen LogP contribution in [-0.4, -0.2) is 68.8 Å². The van der Waals surface area contributed by atoms with Gasteiger partial charge < -0.3 is 4.90 Å². The van der Waals surface area contributed by atoms with E-state index in [1.165, 1.54) is 39.5 Å². The van der Waals surface area contributed by atoms with Gasteiger partial charge in [0.2, 0.25) is 10.0 Å². The quantitative estimate of drug-likeness (QED) is 0.479. The molecule has 1 fully saturated rings. The Morgan fingerprint density at radius 2 is 1.76 bits per heavy atom. The van der Waals surface area contributed by atoms with Gasteiger partial charge in [-0.3, -0.25) is 9.69 Å². The van der Waals surface area contributed by atoms with E-state index in [0.717, 1.165) is 30.2 Å². The Hall–Kier alpha value is -2.47. The number of aromatic nitrogens is 1. The minimum atomic E-state index is -3.62. The van der Waals surface area contributed by atoms with Gasteiger partial charge in [-0.25, -0.2) is 22.2 Å². The highest BCUT2D eigenvalue weighted by molar-refractivity contribution is 7.89. The number of benzene rings is 2. The Kier molecular flexibility index (Phi) is 6.50. The summed E-state index contributed by atoms with van der Waals surface area (Å²) in [7, 11) is 1.64. The molecule has 176 valence electrons. The molecule has 0 N–H and O–H groups in total. The Morgan fingerprint density at radius 3 is 2.36 bits per heavy atom. The van der Waals surface area contributed by atoms with Gasteiger partial charge in [-0.05, 0) is 57.3 Å². The van der Waals surface area contributed by atoms with E-state index in [1.54, 1.807) is 7.05 Å². The molecule has 0 spiro atoms. The molecule has 0 radical (unpaired) electrons. The van der Waals surface area contributed by atoms with Gasteiger partial charge in [0.1, 0.15) is 11.3 Å². The molecule has 2 aromatic carbocycles. The number of anilines is 1. The zero-order valence-corrected chi connectivity index (χ0v) is 20.1. The average molecular weight is 495 g/mol. The number of sulfonamides is 1. The van der Waals surface area contributed by atoms with Gasteiger partial charge in [0.25, 0.3) is 5.91 Å². The van der Waals surface area contributed by atoms with Crippen molar-refractivity contribution in [2.75, 3.05) is 39.1 Å². The smallest absolute Gasteiger partial charge is 0.260 e. The summed E-state index contributed by atoms with van der Waals surface area (Å²) >= 11 is 1.02. The second-order valence-corrected chi connectivity index (χ2v) is 11.3. The van der Waals surface area contributed by atoms with Crippen LogP contribution in [0.1, 0.15) is 23.2 Å². The van der Waals surface area contributed by atoms with Gasteiger partial charge in [-0.2, -0.15) is 4.31 Å².